The molecule has 0 radical (unpaired) electrons. The van der Waals surface area contributed by atoms with Crippen molar-refractivity contribution in [2.75, 3.05) is 0 Å². The van der Waals surface area contributed by atoms with Crippen LogP contribution in [0.15, 0.2) is 47.6 Å². The molecule has 1 aromatic heterocycles. The summed E-state index contributed by atoms with van der Waals surface area (Å²) in [6, 6.07) is 12.9. The molecule has 1 heterocycles. The van der Waals surface area contributed by atoms with Crippen molar-refractivity contribution in [3.05, 3.63) is 69.3 Å². The van der Waals surface area contributed by atoms with E-state index in [1.165, 1.54) is 6.21 Å². The number of amides is 1. The average molecular weight is 374 g/mol. The van der Waals surface area contributed by atoms with Crippen molar-refractivity contribution in [1.82, 2.24) is 10.4 Å². The molecular weight excluding hydrogens is 357 g/mol. The fourth-order valence-electron chi connectivity index (χ4n) is 2.76. The molecule has 3 aromatic rings. The standard InChI is InChI=1S/C19H17Cl2N3O/c1-11(2)17-14-5-3-4-6-16(14)23-18(17)19(25)24-22-10-12-7-8-13(20)9-15(12)21/h3-11,23H,1-2H3,(H,24,25)/b22-10+. The van der Waals surface area contributed by atoms with Crippen LogP contribution in [0.2, 0.25) is 10.0 Å². The maximum Gasteiger partial charge on any atom is 0.288 e. The largest absolute Gasteiger partial charge is 0.350 e. The van der Waals surface area contributed by atoms with Crippen LogP contribution in [0.5, 0.6) is 0 Å². The van der Waals surface area contributed by atoms with Gasteiger partial charge in [-0.15, -0.1) is 0 Å². The highest BCUT2D eigenvalue weighted by Crippen LogP contribution is 2.29. The van der Waals surface area contributed by atoms with Gasteiger partial charge >= 0.3 is 0 Å². The van der Waals surface area contributed by atoms with Crippen molar-refractivity contribution < 1.29 is 4.79 Å². The fourth-order valence-corrected chi connectivity index (χ4v) is 3.22. The van der Waals surface area contributed by atoms with E-state index >= 15 is 0 Å². The maximum atomic E-state index is 12.6. The van der Waals surface area contributed by atoms with Gasteiger partial charge in [-0.1, -0.05) is 61.3 Å². The first-order valence-electron chi connectivity index (χ1n) is 7.86. The van der Waals surface area contributed by atoms with Gasteiger partial charge in [0, 0.05) is 21.5 Å². The fraction of sp³-hybridized carbons (Fsp3) is 0.158. The van der Waals surface area contributed by atoms with Crippen molar-refractivity contribution in [3.8, 4) is 0 Å². The molecule has 4 nitrogen and oxygen atoms in total. The third-order valence-corrected chi connectivity index (χ3v) is 4.45. The number of benzene rings is 2. The van der Waals surface area contributed by atoms with Crippen LogP contribution in [0.25, 0.3) is 10.9 Å². The molecule has 0 saturated heterocycles. The molecule has 2 N–H and O–H groups in total. The lowest BCUT2D eigenvalue weighted by atomic mass is 9.99. The minimum Gasteiger partial charge on any atom is -0.350 e. The number of rotatable bonds is 4. The lowest BCUT2D eigenvalue weighted by Crippen LogP contribution is -2.19. The second kappa shape index (κ2) is 7.30. The molecular formula is C19H17Cl2N3O. The average Bonchev–Trinajstić information content (AvgIpc) is 2.96. The first-order valence-corrected chi connectivity index (χ1v) is 8.62. The van der Waals surface area contributed by atoms with Crippen LogP contribution in [0.4, 0.5) is 0 Å². The number of hydrogen-bond donors (Lipinski definition) is 2. The molecule has 128 valence electrons. The second-order valence-electron chi connectivity index (χ2n) is 5.98. The lowest BCUT2D eigenvalue weighted by Gasteiger charge is -2.07. The van der Waals surface area contributed by atoms with Gasteiger partial charge < -0.3 is 4.98 Å². The Labute approximate surface area is 155 Å². The van der Waals surface area contributed by atoms with E-state index < -0.39 is 0 Å². The molecule has 1 amide bonds. The number of aromatic nitrogens is 1. The van der Waals surface area contributed by atoms with E-state index in [-0.39, 0.29) is 11.8 Å². The van der Waals surface area contributed by atoms with Gasteiger partial charge in [0.05, 0.1) is 11.2 Å². The van der Waals surface area contributed by atoms with Crippen molar-refractivity contribution in [2.45, 2.75) is 19.8 Å². The Morgan fingerprint density at radius 3 is 2.68 bits per heavy atom. The number of para-hydroxylation sites is 1. The minimum absolute atomic E-state index is 0.201. The Balaban J connectivity index is 1.85. The van der Waals surface area contributed by atoms with Crippen LogP contribution in [0, 0.1) is 0 Å². The van der Waals surface area contributed by atoms with Crippen molar-refractivity contribution in [2.24, 2.45) is 5.10 Å². The Morgan fingerprint density at radius 1 is 1.20 bits per heavy atom. The summed E-state index contributed by atoms with van der Waals surface area (Å²) in [5.74, 6) is -0.0900. The van der Waals surface area contributed by atoms with Crippen LogP contribution in [0.3, 0.4) is 0 Å². The highest BCUT2D eigenvalue weighted by atomic mass is 35.5. The Kier molecular flexibility index (Phi) is 5.11. The summed E-state index contributed by atoms with van der Waals surface area (Å²) in [6.45, 7) is 4.12. The molecule has 6 heteroatoms. The van der Waals surface area contributed by atoms with Crippen molar-refractivity contribution in [1.29, 1.82) is 0 Å². The molecule has 0 unspecified atom stereocenters. The summed E-state index contributed by atoms with van der Waals surface area (Å²) < 4.78 is 0. The molecule has 25 heavy (non-hydrogen) atoms. The number of nitrogens with one attached hydrogen (secondary N) is 2. The first-order chi connectivity index (χ1) is 12.0. The van der Waals surface area contributed by atoms with E-state index in [1.54, 1.807) is 18.2 Å². The summed E-state index contributed by atoms with van der Waals surface area (Å²) >= 11 is 12.0. The minimum atomic E-state index is -0.291. The van der Waals surface area contributed by atoms with Crippen molar-refractivity contribution in [3.63, 3.8) is 0 Å². The normalized spacial score (nSPS) is 11.6. The van der Waals surface area contributed by atoms with E-state index in [1.807, 2.05) is 24.3 Å². The first kappa shape index (κ1) is 17.5. The number of aromatic amines is 1. The van der Waals surface area contributed by atoms with Crippen LogP contribution in [-0.4, -0.2) is 17.1 Å². The van der Waals surface area contributed by atoms with Gasteiger partial charge in [-0.25, -0.2) is 5.43 Å². The van der Waals surface area contributed by atoms with Gasteiger partial charge in [0.2, 0.25) is 0 Å². The monoisotopic (exact) mass is 373 g/mol. The van der Waals surface area contributed by atoms with Gasteiger partial charge in [0.15, 0.2) is 0 Å². The maximum absolute atomic E-state index is 12.6. The number of carbonyl (C=O) groups is 1. The molecule has 0 aliphatic heterocycles. The van der Waals surface area contributed by atoms with E-state index in [2.05, 4.69) is 29.4 Å². The Morgan fingerprint density at radius 2 is 1.96 bits per heavy atom. The smallest absolute Gasteiger partial charge is 0.288 e. The highest BCUT2D eigenvalue weighted by Gasteiger charge is 2.19. The number of halogens is 2. The van der Waals surface area contributed by atoms with Crippen LogP contribution in [-0.2, 0) is 0 Å². The van der Waals surface area contributed by atoms with E-state index in [4.69, 9.17) is 23.2 Å². The predicted molar refractivity (Wildman–Crippen MR) is 104 cm³/mol. The van der Waals surface area contributed by atoms with Gasteiger partial charge in [-0.3, -0.25) is 4.79 Å². The third kappa shape index (κ3) is 3.70. The molecule has 0 saturated carbocycles. The number of hydrazone groups is 1. The number of fused-ring (bicyclic) bond motifs is 1. The van der Waals surface area contributed by atoms with Crippen molar-refractivity contribution >= 4 is 46.2 Å². The molecule has 3 rings (SSSR count). The topological polar surface area (TPSA) is 57.2 Å². The number of carbonyl (C=O) groups excluding carboxylic acids is 1. The number of H-pyrrole nitrogens is 1. The van der Waals surface area contributed by atoms with E-state index in [0.717, 1.165) is 16.5 Å². The molecule has 0 fully saturated rings. The van der Waals surface area contributed by atoms with Gasteiger partial charge in [-0.2, -0.15) is 5.10 Å². The van der Waals surface area contributed by atoms with Crippen LogP contribution >= 0.6 is 23.2 Å². The zero-order valence-corrected chi connectivity index (χ0v) is 15.3. The van der Waals surface area contributed by atoms with E-state index in [9.17, 15) is 4.79 Å². The molecule has 0 spiro atoms. The SMILES string of the molecule is CC(C)c1c(C(=O)N/N=C/c2ccc(Cl)cc2Cl)[nH]c2ccccc12. The summed E-state index contributed by atoms with van der Waals surface area (Å²) in [7, 11) is 0. The van der Waals surface area contributed by atoms with Crippen LogP contribution in [0.1, 0.15) is 41.4 Å². The van der Waals surface area contributed by atoms with Gasteiger partial charge in [0.25, 0.3) is 5.91 Å². The lowest BCUT2D eigenvalue weighted by molar-refractivity contribution is 0.0949. The highest BCUT2D eigenvalue weighted by molar-refractivity contribution is 6.36. The summed E-state index contributed by atoms with van der Waals surface area (Å²) in [4.78, 5) is 15.7. The zero-order valence-electron chi connectivity index (χ0n) is 13.8. The quantitative estimate of drug-likeness (QED) is 0.469. The number of hydrogen-bond acceptors (Lipinski definition) is 2. The molecule has 0 aliphatic rings. The summed E-state index contributed by atoms with van der Waals surface area (Å²) in [5, 5.41) is 6.07. The second-order valence-corrected chi connectivity index (χ2v) is 6.82. The molecule has 0 aliphatic carbocycles. The van der Waals surface area contributed by atoms with Gasteiger partial charge in [0.1, 0.15) is 5.69 Å². The van der Waals surface area contributed by atoms with Gasteiger partial charge in [-0.05, 0) is 29.7 Å². The Hall–Kier alpha value is -2.30. The molecule has 2 aromatic carbocycles. The predicted octanol–water partition coefficient (Wildman–Crippen LogP) is 5.36. The molecule has 0 atom stereocenters. The third-order valence-electron chi connectivity index (χ3n) is 3.88. The Bertz CT molecular complexity index is 960. The molecule has 0 bridgehead atoms. The summed E-state index contributed by atoms with van der Waals surface area (Å²) in [5.41, 5.74) is 5.66. The van der Waals surface area contributed by atoms with Crippen LogP contribution < -0.4 is 5.43 Å². The number of nitrogens with zero attached hydrogens (tertiary/aromatic N) is 1. The zero-order chi connectivity index (χ0) is 18.0. The summed E-state index contributed by atoms with van der Waals surface area (Å²) in [6.07, 6.45) is 1.49. The van der Waals surface area contributed by atoms with E-state index in [0.29, 0.717) is 21.3 Å².